The van der Waals surface area contributed by atoms with Crippen LogP contribution in [0.5, 0.6) is 0 Å². The molecule has 0 heterocycles. The molecule has 1 saturated carbocycles. The molecule has 0 aliphatic heterocycles. The van der Waals surface area contributed by atoms with E-state index in [0.29, 0.717) is 0 Å². The quantitative estimate of drug-likeness (QED) is 0.756. The van der Waals surface area contributed by atoms with Gasteiger partial charge in [0.1, 0.15) is 5.54 Å². The Labute approximate surface area is 92.8 Å². The minimum atomic E-state index is -0.328. The first-order valence-corrected chi connectivity index (χ1v) is 6.04. The molecule has 0 bridgehead atoms. The lowest BCUT2D eigenvalue weighted by atomic mass is 9.81. The van der Waals surface area contributed by atoms with Crippen molar-refractivity contribution >= 4 is 0 Å². The molecule has 0 aromatic heterocycles. The van der Waals surface area contributed by atoms with Gasteiger partial charge in [-0.25, -0.2) is 0 Å². The molecule has 1 rings (SSSR count). The highest BCUT2D eigenvalue weighted by Gasteiger charge is 2.36. The molecule has 0 radical (unpaired) electrons. The Morgan fingerprint density at radius 1 is 1.53 bits per heavy atom. The van der Waals surface area contributed by atoms with Gasteiger partial charge < -0.3 is 4.74 Å². The topological polar surface area (TPSA) is 45.0 Å². The van der Waals surface area contributed by atoms with E-state index in [2.05, 4.69) is 25.2 Å². The van der Waals surface area contributed by atoms with Crippen molar-refractivity contribution in [2.45, 2.75) is 57.6 Å². The van der Waals surface area contributed by atoms with E-state index >= 15 is 0 Å². The fourth-order valence-corrected chi connectivity index (χ4v) is 2.29. The van der Waals surface area contributed by atoms with Crippen molar-refractivity contribution in [1.82, 2.24) is 5.32 Å². The molecule has 1 aliphatic carbocycles. The third-order valence-electron chi connectivity index (χ3n) is 2.99. The Bertz CT molecular complexity index is 220. The van der Waals surface area contributed by atoms with Crippen molar-refractivity contribution in [1.29, 1.82) is 5.26 Å². The van der Waals surface area contributed by atoms with Gasteiger partial charge in [0.2, 0.25) is 0 Å². The summed E-state index contributed by atoms with van der Waals surface area (Å²) in [5.74, 6) is 0. The Morgan fingerprint density at radius 3 is 2.93 bits per heavy atom. The van der Waals surface area contributed by atoms with Crippen molar-refractivity contribution in [3.05, 3.63) is 0 Å². The summed E-state index contributed by atoms with van der Waals surface area (Å²) < 4.78 is 5.74. The van der Waals surface area contributed by atoms with Gasteiger partial charge in [0, 0.05) is 13.0 Å². The predicted octanol–water partition coefficient (Wildman–Crippen LogP) is 2.23. The van der Waals surface area contributed by atoms with Crippen LogP contribution in [0.1, 0.15) is 46.0 Å². The molecule has 1 N–H and O–H groups in total. The molecule has 0 aromatic carbocycles. The summed E-state index contributed by atoms with van der Waals surface area (Å²) in [6.45, 7) is 5.84. The van der Waals surface area contributed by atoms with E-state index in [0.717, 1.165) is 45.3 Å². The van der Waals surface area contributed by atoms with Gasteiger partial charge in [-0.05, 0) is 32.2 Å². The van der Waals surface area contributed by atoms with Crippen molar-refractivity contribution in [3.8, 4) is 6.07 Å². The summed E-state index contributed by atoms with van der Waals surface area (Å²) in [4.78, 5) is 0. The molecular formula is C12H22N2O. The summed E-state index contributed by atoms with van der Waals surface area (Å²) >= 11 is 0. The van der Waals surface area contributed by atoms with Crippen LogP contribution in [0.3, 0.4) is 0 Å². The van der Waals surface area contributed by atoms with Crippen molar-refractivity contribution in [2.75, 3.05) is 13.2 Å². The lowest BCUT2D eigenvalue weighted by Crippen LogP contribution is -2.49. The Morgan fingerprint density at radius 2 is 2.33 bits per heavy atom. The fourth-order valence-electron chi connectivity index (χ4n) is 2.29. The molecule has 2 atom stereocenters. The summed E-state index contributed by atoms with van der Waals surface area (Å²) in [6.07, 6.45) is 5.33. The van der Waals surface area contributed by atoms with Gasteiger partial charge >= 0.3 is 0 Å². The molecule has 1 aliphatic rings. The van der Waals surface area contributed by atoms with E-state index in [4.69, 9.17) is 4.74 Å². The first-order valence-electron chi connectivity index (χ1n) is 6.04. The van der Waals surface area contributed by atoms with Crippen molar-refractivity contribution in [2.24, 2.45) is 0 Å². The number of ether oxygens (including phenoxy) is 1. The molecule has 15 heavy (non-hydrogen) atoms. The summed E-state index contributed by atoms with van der Waals surface area (Å²) in [6, 6.07) is 2.43. The van der Waals surface area contributed by atoms with E-state index < -0.39 is 0 Å². The number of hydrogen-bond donors (Lipinski definition) is 1. The molecule has 0 aromatic rings. The van der Waals surface area contributed by atoms with Crippen LogP contribution in [0, 0.1) is 11.3 Å². The summed E-state index contributed by atoms with van der Waals surface area (Å²) in [5.41, 5.74) is -0.328. The highest BCUT2D eigenvalue weighted by atomic mass is 16.5. The highest BCUT2D eigenvalue weighted by Crippen LogP contribution is 2.29. The summed E-state index contributed by atoms with van der Waals surface area (Å²) in [5, 5.41) is 12.6. The lowest BCUT2D eigenvalue weighted by Gasteiger charge is -2.36. The monoisotopic (exact) mass is 210 g/mol. The van der Waals surface area contributed by atoms with Crippen LogP contribution in [0.25, 0.3) is 0 Å². The van der Waals surface area contributed by atoms with E-state index in [1.54, 1.807) is 0 Å². The first kappa shape index (κ1) is 12.5. The van der Waals surface area contributed by atoms with Gasteiger partial charge in [0.15, 0.2) is 0 Å². The Hall–Kier alpha value is -0.590. The van der Waals surface area contributed by atoms with Gasteiger partial charge in [0.25, 0.3) is 0 Å². The standard InChI is InChI=1S/C12H22N2O/c1-3-8-15-11-6-5-7-12(9-11,10-13)14-4-2/h11,14H,3-9H2,1-2H3. The van der Waals surface area contributed by atoms with Crippen LogP contribution in [0.15, 0.2) is 0 Å². The van der Waals surface area contributed by atoms with Crippen LogP contribution in [-0.2, 0) is 4.74 Å². The minimum absolute atomic E-state index is 0.275. The molecule has 0 amide bonds. The molecule has 0 saturated heterocycles. The largest absolute Gasteiger partial charge is 0.378 e. The van der Waals surface area contributed by atoms with Crippen LogP contribution in [0.2, 0.25) is 0 Å². The average Bonchev–Trinajstić information content (AvgIpc) is 2.27. The van der Waals surface area contributed by atoms with Crippen LogP contribution in [-0.4, -0.2) is 24.8 Å². The zero-order valence-corrected chi connectivity index (χ0v) is 9.88. The minimum Gasteiger partial charge on any atom is -0.378 e. The number of rotatable bonds is 5. The van der Waals surface area contributed by atoms with E-state index in [9.17, 15) is 5.26 Å². The second-order valence-corrected chi connectivity index (χ2v) is 4.31. The maximum Gasteiger partial charge on any atom is 0.109 e. The maximum absolute atomic E-state index is 9.25. The second kappa shape index (κ2) is 6.09. The number of nitriles is 1. The third-order valence-corrected chi connectivity index (χ3v) is 2.99. The molecule has 86 valence electrons. The highest BCUT2D eigenvalue weighted by molar-refractivity contribution is 5.10. The van der Waals surface area contributed by atoms with Crippen LogP contribution >= 0.6 is 0 Å². The van der Waals surface area contributed by atoms with Gasteiger partial charge in [-0.2, -0.15) is 5.26 Å². The van der Waals surface area contributed by atoms with E-state index in [-0.39, 0.29) is 11.6 Å². The zero-order valence-electron chi connectivity index (χ0n) is 9.88. The van der Waals surface area contributed by atoms with Crippen LogP contribution in [0.4, 0.5) is 0 Å². The van der Waals surface area contributed by atoms with Crippen LogP contribution < -0.4 is 5.32 Å². The molecule has 2 unspecified atom stereocenters. The average molecular weight is 210 g/mol. The zero-order chi connectivity index (χ0) is 11.1. The maximum atomic E-state index is 9.25. The SMILES string of the molecule is CCCOC1CCCC(C#N)(NCC)C1. The van der Waals surface area contributed by atoms with E-state index in [1.807, 2.05) is 0 Å². The molecule has 1 fully saturated rings. The normalized spacial score (nSPS) is 31.1. The van der Waals surface area contributed by atoms with E-state index in [1.165, 1.54) is 0 Å². The molecule has 3 nitrogen and oxygen atoms in total. The number of nitrogens with one attached hydrogen (secondary N) is 1. The summed E-state index contributed by atoms with van der Waals surface area (Å²) in [7, 11) is 0. The lowest BCUT2D eigenvalue weighted by molar-refractivity contribution is 0.00975. The van der Waals surface area contributed by atoms with Gasteiger partial charge in [-0.3, -0.25) is 5.32 Å². The number of hydrogen-bond acceptors (Lipinski definition) is 3. The third kappa shape index (κ3) is 3.48. The Kier molecular flexibility index (Phi) is 5.07. The number of nitrogens with zero attached hydrogens (tertiary/aromatic N) is 1. The molecular weight excluding hydrogens is 188 g/mol. The molecule has 0 spiro atoms. The first-order chi connectivity index (χ1) is 7.26. The second-order valence-electron chi connectivity index (χ2n) is 4.31. The predicted molar refractivity (Wildman–Crippen MR) is 60.5 cm³/mol. The Balaban J connectivity index is 2.49. The fraction of sp³-hybridized carbons (Fsp3) is 0.917. The van der Waals surface area contributed by atoms with Gasteiger partial charge in [-0.1, -0.05) is 13.8 Å². The van der Waals surface area contributed by atoms with Gasteiger partial charge in [-0.15, -0.1) is 0 Å². The molecule has 3 heteroatoms. The van der Waals surface area contributed by atoms with Gasteiger partial charge in [0.05, 0.1) is 12.2 Å². The van der Waals surface area contributed by atoms with Crippen molar-refractivity contribution in [3.63, 3.8) is 0 Å². The smallest absolute Gasteiger partial charge is 0.109 e. The van der Waals surface area contributed by atoms with Crippen molar-refractivity contribution < 1.29 is 4.74 Å².